The van der Waals surface area contributed by atoms with Crippen LogP contribution in [0, 0.1) is 17.1 Å². The number of fused-ring (bicyclic) bond motifs is 1. The largest absolute Gasteiger partial charge is 0.481 e. The van der Waals surface area contributed by atoms with Crippen molar-refractivity contribution in [1.29, 1.82) is 5.26 Å². The molecule has 0 bridgehead atoms. The highest BCUT2D eigenvalue weighted by atomic mass is 19.4. The number of nitrogens with zero attached hydrogens (tertiary/aromatic N) is 2. The maximum atomic E-state index is 13.8. The monoisotopic (exact) mass is 549 g/mol. The van der Waals surface area contributed by atoms with Crippen molar-refractivity contribution in [3.8, 4) is 17.3 Å². The minimum Gasteiger partial charge on any atom is -0.481 e. The Bertz CT molecular complexity index is 1580. The van der Waals surface area contributed by atoms with Crippen LogP contribution in [0.15, 0.2) is 72.8 Å². The number of carboxylic acids is 1. The number of rotatable bonds is 9. The van der Waals surface area contributed by atoms with Crippen LogP contribution in [-0.2, 0) is 11.2 Å². The van der Waals surface area contributed by atoms with Gasteiger partial charge in [-0.2, -0.15) is 18.4 Å². The van der Waals surface area contributed by atoms with E-state index < -0.39 is 29.9 Å². The zero-order chi connectivity index (χ0) is 28.9. The van der Waals surface area contributed by atoms with Gasteiger partial charge in [0.15, 0.2) is 6.04 Å². The SMILES string of the molecule is N#Cc1ccc([C@H](NC(=O)c2ccc3nc(-c4ccc(F)cc4)c(CCCCC(=O)O)cc3c2)C(F)(F)F)cc1. The molecule has 0 aliphatic carbocycles. The Hall–Kier alpha value is -4.78. The van der Waals surface area contributed by atoms with Crippen LogP contribution in [0.25, 0.3) is 22.2 Å². The second-order valence-corrected chi connectivity index (χ2v) is 9.19. The zero-order valence-electron chi connectivity index (χ0n) is 21.0. The van der Waals surface area contributed by atoms with E-state index in [4.69, 9.17) is 10.4 Å². The average molecular weight is 550 g/mol. The van der Waals surface area contributed by atoms with E-state index in [1.807, 2.05) is 11.4 Å². The number of amides is 1. The molecule has 1 atom stereocenters. The number of carbonyl (C=O) groups is 2. The maximum Gasteiger partial charge on any atom is 0.412 e. The number of carboxylic acid groups (broad SMARTS) is 1. The summed E-state index contributed by atoms with van der Waals surface area (Å²) in [5.74, 6) is -2.27. The summed E-state index contributed by atoms with van der Waals surface area (Å²) in [4.78, 5) is 28.5. The number of aryl methyl sites for hydroxylation is 1. The summed E-state index contributed by atoms with van der Waals surface area (Å²) in [7, 11) is 0. The van der Waals surface area contributed by atoms with Gasteiger partial charge in [0.2, 0.25) is 0 Å². The van der Waals surface area contributed by atoms with Crippen molar-refractivity contribution in [2.75, 3.05) is 0 Å². The number of hydrogen-bond acceptors (Lipinski definition) is 4. The van der Waals surface area contributed by atoms with Gasteiger partial charge in [0.05, 0.1) is 22.8 Å². The maximum absolute atomic E-state index is 13.8. The number of aliphatic carboxylic acids is 1. The fourth-order valence-electron chi connectivity index (χ4n) is 4.32. The number of nitrogens with one attached hydrogen (secondary N) is 1. The predicted molar refractivity (Wildman–Crippen MR) is 140 cm³/mol. The molecule has 0 aliphatic rings. The second-order valence-electron chi connectivity index (χ2n) is 9.19. The summed E-state index contributed by atoms with van der Waals surface area (Å²) >= 11 is 0. The molecule has 2 N–H and O–H groups in total. The molecule has 6 nitrogen and oxygen atoms in total. The molecule has 3 aromatic carbocycles. The van der Waals surface area contributed by atoms with Gasteiger partial charge in [-0.15, -0.1) is 0 Å². The molecule has 4 aromatic rings. The Morgan fingerprint density at radius 3 is 2.30 bits per heavy atom. The van der Waals surface area contributed by atoms with E-state index in [2.05, 4.69) is 4.98 Å². The van der Waals surface area contributed by atoms with Gasteiger partial charge in [-0.1, -0.05) is 12.1 Å². The van der Waals surface area contributed by atoms with Crippen LogP contribution in [0.5, 0.6) is 0 Å². The van der Waals surface area contributed by atoms with Crippen molar-refractivity contribution in [2.24, 2.45) is 0 Å². The number of aromatic nitrogens is 1. The van der Waals surface area contributed by atoms with Gasteiger partial charge in [0, 0.05) is 22.9 Å². The van der Waals surface area contributed by atoms with E-state index in [-0.39, 0.29) is 23.1 Å². The molecule has 0 saturated heterocycles. The van der Waals surface area contributed by atoms with Gasteiger partial charge < -0.3 is 10.4 Å². The second kappa shape index (κ2) is 11.9. The number of pyridine rings is 1. The molecule has 0 spiro atoms. The number of alkyl halides is 3. The molecule has 1 amide bonds. The number of benzene rings is 3. The lowest BCUT2D eigenvalue weighted by molar-refractivity contribution is -0.155. The van der Waals surface area contributed by atoms with Crippen LogP contribution < -0.4 is 5.32 Å². The van der Waals surface area contributed by atoms with Gasteiger partial charge in [0.1, 0.15) is 5.82 Å². The number of halogens is 4. The Balaban J connectivity index is 1.66. The molecular weight excluding hydrogens is 526 g/mol. The lowest BCUT2D eigenvalue weighted by Gasteiger charge is -2.22. The number of carbonyl (C=O) groups excluding carboxylic acids is 1. The highest BCUT2D eigenvalue weighted by Gasteiger charge is 2.42. The van der Waals surface area contributed by atoms with Gasteiger partial charge in [-0.3, -0.25) is 9.59 Å². The lowest BCUT2D eigenvalue weighted by atomic mass is 9.97. The molecule has 0 unspecified atom stereocenters. The standard InChI is InChI=1S/C30H23F4N3O3/c31-24-12-9-19(10-13-24)27-21(3-1-2-4-26(38)39)15-23-16-22(11-14-25(23)36-27)29(40)37-28(30(32,33)34)20-7-5-18(17-35)6-8-20/h5-16,28H,1-4H2,(H,37,40)(H,38,39)/t28-/m0/s1. The zero-order valence-corrected chi connectivity index (χ0v) is 21.0. The van der Waals surface area contributed by atoms with E-state index >= 15 is 0 Å². The lowest BCUT2D eigenvalue weighted by Crippen LogP contribution is -2.38. The first-order valence-electron chi connectivity index (χ1n) is 12.3. The molecule has 40 heavy (non-hydrogen) atoms. The van der Waals surface area contributed by atoms with Crippen LogP contribution >= 0.6 is 0 Å². The van der Waals surface area contributed by atoms with Gasteiger partial charge in [-0.05, 0) is 91.1 Å². The predicted octanol–water partition coefficient (Wildman–Crippen LogP) is 6.74. The molecule has 0 saturated carbocycles. The Kier molecular flexibility index (Phi) is 8.43. The quantitative estimate of drug-likeness (QED) is 0.178. The molecule has 1 aromatic heterocycles. The molecular formula is C30H23F4N3O3. The van der Waals surface area contributed by atoms with E-state index in [1.165, 1.54) is 42.5 Å². The molecule has 0 radical (unpaired) electrons. The first-order chi connectivity index (χ1) is 19.0. The third-order valence-corrected chi connectivity index (χ3v) is 6.34. The summed E-state index contributed by atoms with van der Waals surface area (Å²) in [6.07, 6.45) is -3.38. The van der Waals surface area contributed by atoms with Crippen LogP contribution in [0.1, 0.15) is 52.4 Å². The number of nitriles is 1. The van der Waals surface area contributed by atoms with Crippen molar-refractivity contribution in [3.63, 3.8) is 0 Å². The van der Waals surface area contributed by atoms with E-state index in [0.717, 1.165) is 17.7 Å². The van der Waals surface area contributed by atoms with E-state index in [0.29, 0.717) is 41.4 Å². The molecule has 204 valence electrons. The van der Waals surface area contributed by atoms with Crippen molar-refractivity contribution < 1.29 is 32.3 Å². The van der Waals surface area contributed by atoms with Crippen molar-refractivity contribution in [2.45, 2.75) is 37.9 Å². The first kappa shape index (κ1) is 28.2. The van der Waals surface area contributed by atoms with Crippen LogP contribution in [0.2, 0.25) is 0 Å². The van der Waals surface area contributed by atoms with Gasteiger partial charge >= 0.3 is 12.1 Å². The van der Waals surface area contributed by atoms with Crippen LogP contribution in [0.3, 0.4) is 0 Å². The Labute approximate surface area is 226 Å². The summed E-state index contributed by atoms with van der Waals surface area (Å²) in [5.41, 5.74) is 2.39. The van der Waals surface area contributed by atoms with Crippen molar-refractivity contribution >= 4 is 22.8 Å². The minimum atomic E-state index is -4.78. The van der Waals surface area contributed by atoms with Gasteiger partial charge in [0.25, 0.3) is 5.91 Å². The number of hydrogen-bond donors (Lipinski definition) is 2. The van der Waals surface area contributed by atoms with Crippen molar-refractivity contribution in [3.05, 3.63) is 101 Å². The third kappa shape index (κ3) is 6.80. The Morgan fingerprint density at radius 2 is 1.68 bits per heavy atom. The first-order valence-corrected chi connectivity index (χ1v) is 12.3. The normalized spacial score (nSPS) is 12.1. The summed E-state index contributed by atoms with van der Waals surface area (Å²) in [5, 5.41) is 20.4. The Morgan fingerprint density at radius 1 is 0.975 bits per heavy atom. The fraction of sp³-hybridized carbons (Fsp3) is 0.200. The topological polar surface area (TPSA) is 103 Å². The molecule has 0 aliphatic heterocycles. The molecule has 0 fully saturated rings. The summed E-state index contributed by atoms with van der Waals surface area (Å²) in [6, 6.07) is 16.2. The number of unbranched alkanes of at least 4 members (excludes halogenated alkanes) is 1. The van der Waals surface area contributed by atoms with E-state index in [9.17, 15) is 27.2 Å². The van der Waals surface area contributed by atoms with Gasteiger partial charge in [-0.25, -0.2) is 9.37 Å². The molecule has 10 heteroatoms. The van der Waals surface area contributed by atoms with E-state index in [1.54, 1.807) is 18.2 Å². The molecule has 1 heterocycles. The van der Waals surface area contributed by atoms with Crippen LogP contribution in [-0.4, -0.2) is 28.1 Å². The minimum absolute atomic E-state index is 0.00315. The highest BCUT2D eigenvalue weighted by molar-refractivity contribution is 5.98. The fourth-order valence-corrected chi connectivity index (χ4v) is 4.32. The highest BCUT2D eigenvalue weighted by Crippen LogP contribution is 2.33. The summed E-state index contributed by atoms with van der Waals surface area (Å²) in [6.45, 7) is 0. The van der Waals surface area contributed by atoms with Crippen LogP contribution in [0.4, 0.5) is 17.6 Å². The smallest absolute Gasteiger partial charge is 0.412 e. The van der Waals surface area contributed by atoms with Crippen molar-refractivity contribution in [1.82, 2.24) is 10.3 Å². The average Bonchev–Trinajstić information content (AvgIpc) is 2.93. The third-order valence-electron chi connectivity index (χ3n) is 6.34. The summed E-state index contributed by atoms with van der Waals surface area (Å²) < 4.78 is 55.1. The molecule has 4 rings (SSSR count).